The quantitative estimate of drug-likeness (QED) is 0.206. The van der Waals surface area contributed by atoms with Crippen LogP contribution >= 0.6 is 7.75 Å². The van der Waals surface area contributed by atoms with Gasteiger partial charge in [0, 0.05) is 17.7 Å². The molecular formula is C28H40N3O9P. The molecule has 2 heterocycles. The number of aromatic amines is 1. The van der Waals surface area contributed by atoms with Gasteiger partial charge in [0.05, 0.1) is 19.3 Å². The molecule has 1 aromatic heterocycles. The van der Waals surface area contributed by atoms with Crippen LogP contribution in [0.1, 0.15) is 65.5 Å². The van der Waals surface area contributed by atoms with Gasteiger partial charge >= 0.3 is 19.4 Å². The number of nitrogens with one attached hydrogen (secondary N) is 2. The monoisotopic (exact) mass is 593 g/mol. The molecule has 12 nitrogen and oxygen atoms in total. The Kier molecular flexibility index (Phi) is 10.3. The summed E-state index contributed by atoms with van der Waals surface area (Å²) < 4.78 is 38.2. The number of aromatic nitrogens is 2. The molecule has 226 valence electrons. The first kappa shape index (κ1) is 31.2. The minimum Gasteiger partial charge on any atom is -0.464 e. The van der Waals surface area contributed by atoms with Crippen molar-refractivity contribution in [3.63, 3.8) is 0 Å². The van der Waals surface area contributed by atoms with Crippen LogP contribution in [0.15, 0.2) is 52.2 Å². The Morgan fingerprint density at radius 3 is 2.49 bits per heavy atom. The average molecular weight is 594 g/mol. The molecule has 3 N–H and O–H groups in total. The van der Waals surface area contributed by atoms with E-state index in [1.54, 1.807) is 30.3 Å². The lowest BCUT2D eigenvalue weighted by Crippen LogP contribution is -2.37. The maximum absolute atomic E-state index is 13.9. The van der Waals surface area contributed by atoms with Crippen molar-refractivity contribution >= 4 is 13.7 Å². The molecule has 4 rings (SSSR count). The van der Waals surface area contributed by atoms with E-state index in [2.05, 4.69) is 23.9 Å². The largest absolute Gasteiger partial charge is 0.464 e. The zero-order valence-corrected chi connectivity index (χ0v) is 24.6. The topological polar surface area (TPSA) is 158 Å². The molecule has 41 heavy (non-hydrogen) atoms. The van der Waals surface area contributed by atoms with E-state index in [0.29, 0.717) is 12.8 Å². The molecule has 0 amide bonds. The zero-order chi connectivity index (χ0) is 29.6. The second-order valence-corrected chi connectivity index (χ2v) is 12.5. The number of nitrogens with zero attached hydrogens (tertiary/aromatic N) is 1. The van der Waals surface area contributed by atoms with Crippen molar-refractivity contribution in [3.8, 4) is 5.75 Å². The Morgan fingerprint density at radius 1 is 1.20 bits per heavy atom. The van der Waals surface area contributed by atoms with Crippen LogP contribution in [0.3, 0.4) is 0 Å². The van der Waals surface area contributed by atoms with Crippen LogP contribution < -0.4 is 20.9 Å². The van der Waals surface area contributed by atoms with Crippen LogP contribution in [0, 0.1) is 11.3 Å². The number of H-pyrrole nitrogens is 1. The molecule has 1 aliphatic heterocycles. The van der Waals surface area contributed by atoms with Gasteiger partial charge in [0.2, 0.25) is 0 Å². The highest BCUT2D eigenvalue weighted by molar-refractivity contribution is 7.52. The fraction of sp³-hybridized carbons (Fsp3) is 0.607. The number of hydrogen-bond acceptors (Lipinski definition) is 9. The molecule has 0 bridgehead atoms. The molecule has 1 spiro atoms. The average Bonchev–Trinajstić information content (AvgIpc) is 3.69. The van der Waals surface area contributed by atoms with Gasteiger partial charge in [0.25, 0.3) is 5.56 Å². The van der Waals surface area contributed by atoms with E-state index in [4.69, 9.17) is 18.5 Å². The van der Waals surface area contributed by atoms with Gasteiger partial charge < -0.3 is 19.1 Å². The van der Waals surface area contributed by atoms with Crippen LogP contribution in [0.25, 0.3) is 0 Å². The van der Waals surface area contributed by atoms with Gasteiger partial charge in [-0.25, -0.2) is 9.36 Å². The van der Waals surface area contributed by atoms with Crippen molar-refractivity contribution in [2.75, 3.05) is 13.2 Å². The van der Waals surface area contributed by atoms with Crippen molar-refractivity contribution in [1.29, 1.82) is 0 Å². The number of carbonyl (C=O) groups excluding carboxylic acids is 1. The second kappa shape index (κ2) is 13.5. The Hall–Kier alpha value is -2.76. The Bertz CT molecular complexity index is 1320. The van der Waals surface area contributed by atoms with Gasteiger partial charge in [-0.05, 0) is 50.7 Å². The van der Waals surface area contributed by atoms with Crippen LogP contribution in [0.5, 0.6) is 5.75 Å². The summed E-state index contributed by atoms with van der Waals surface area (Å²) in [5.41, 5.74) is -1.94. The van der Waals surface area contributed by atoms with E-state index in [0.717, 1.165) is 25.7 Å². The Labute approximate surface area is 238 Å². The van der Waals surface area contributed by atoms with Crippen molar-refractivity contribution in [2.24, 2.45) is 11.3 Å². The SMILES string of the molecule is CCCC(CCC)COC(=O)[C@@H](C)NP(=O)(OC[C@H]1O[C@@H](n2ccc(=O)[nH]c2=O)C2(CC2)[C@@H]1O)Oc1ccccc1. The molecule has 1 unspecified atom stereocenters. The van der Waals surface area contributed by atoms with Gasteiger partial charge in [-0.2, -0.15) is 5.09 Å². The molecule has 0 radical (unpaired) electrons. The van der Waals surface area contributed by atoms with Gasteiger partial charge in [0.1, 0.15) is 24.1 Å². The maximum atomic E-state index is 13.9. The highest BCUT2D eigenvalue weighted by Crippen LogP contribution is 2.62. The Balaban J connectivity index is 1.45. The summed E-state index contributed by atoms with van der Waals surface area (Å²) in [6.07, 6.45) is 3.54. The first-order valence-electron chi connectivity index (χ1n) is 14.2. The van der Waals surface area contributed by atoms with Gasteiger partial charge in [-0.1, -0.05) is 44.9 Å². The van der Waals surface area contributed by atoms with E-state index in [1.807, 2.05) is 0 Å². The van der Waals surface area contributed by atoms with Crippen molar-refractivity contribution in [1.82, 2.24) is 14.6 Å². The second-order valence-electron chi connectivity index (χ2n) is 10.8. The number of hydrogen-bond donors (Lipinski definition) is 3. The molecule has 2 aromatic rings. The summed E-state index contributed by atoms with van der Waals surface area (Å²) in [5.74, 6) is -0.0863. The third kappa shape index (κ3) is 7.55. The number of aliphatic hydroxyl groups is 1. The van der Waals surface area contributed by atoms with Crippen LogP contribution in [0.4, 0.5) is 0 Å². The molecule has 1 saturated heterocycles. The van der Waals surface area contributed by atoms with Crippen molar-refractivity contribution < 1.29 is 33.0 Å². The first-order chi connectivity index (χ1) is 19.6. The number of rotatable bonds is 15. The first-order valence-corrected chi connectivity index (χ1v) is 15.7. The summed E-state index contributed by atoms with van der Waals surface area (Å²) in [4.78, 5) is 39.0. The molecule has 13 heteroatoms. The standard InChI is InChI=1S/C28H40N3O9P/c1-4-9-20(10-5-2)17-37-25(34)19(3)30-41(36,40-21-11-7-6-8-12-21)38-18-22-24(33)28(14-15-28)26(39-22)31-16-13-23(32)29-27(31)35/h6-8,11-13,16,19-20,22,24,26,33H,4-5,9-10,14-15,17-18H2,1-3H3,(H,30,36)(H,29,32,35)/t19-,22-,24-,26-,41?/m1/s1. The van der Waals surface area contributed by atoms with Crippen LogP contribution in [-0.4, -0.2) is 52.1 Å². The minimum atomic E-state index is -4.19. The summed E-state index contributed by atoms with van der Waals surface area (Å²) in [5, 5.41) is 13.8. The smallest absolute Gasteiger partial charge is 0.459 e. The van der Waals surface area contributed by atoms with E-state index in [9.17, 15) is 24.1 Å². The molecular weight excluding hydrogens is 553 g/mol. The zero-order valence-electron chi connectivity index (χ0n) is 23.7. The lowest BCUT2D eigenvalue weighted by molar-refractivity contribution is -0.146. The fourth-order valence-corrected chi connectivity index (χ4v) is 6.79. The number of carbonyl (C=O) groups is 1. The van der Waals surface area contributed by atoms with Crippen molar-refractivity contribution in [3.05, 3.63) is 63.4 Å². The summed E-state index contributed by atoms with van der Waals surface area (Å²) in [7, 11) is -4.19. The third-order valence-corrected chi connectivity index (χ3v) is 9.25. The van der Waals surface area contributed by atoms with Gasteiger partial charge in [-0.3, -0.25) is 23.7 Å². The van der Waals surface area contributed by atoms with E-state index < -0.39 is 54.9 Å². The maximum Gasteiger partial charge on any atom is 0.459 e. The molecule has 2 fully saturated rings. The molecule has 1 aromatic carbocycles. The predicted octanol–water partition coefficient (Wildman–Crippen LogP) is 3.52. The summed E-state index contributed by atoms with van der Waals surface area (Å²) >= 11 is 0. The summed E-state index contributed by atoms with van der Waals surface area (Å²) in [6, 6.07) is 8.55. The number of ether oxygens (including phenoxy) is 2. The van der Waals surface area contributed by atoms with Gasteiger partial charge in [0.15, 0.2) is 0 Å². The molecule has 5 atom stereocenters. The highest BCUT2D eigenvalue weighted by atomic mass is 31.2. The lowest BCUT2D eigenvalue weighted by atomic mass is 9.96. The van der Waals surface area contributed by atoms with Gasteiger partial charge in [-0.15, -0.1) is 0 Å². The normalized spacial score (nSPS) is 23.3. The Morgan fingerprint density at radius 2 is 1.88 bits per heavy atom. The number of benzene rings is 1. The number of esters is 1. The lowest BCUT2D eigenvalue weighted by Gasteiger charge is -2.25. The third-order valence-electron chi connectivity index (χ3n) is 7.61. The molecule has 1 aliphatic carbocycles. The van der Waals surface area contributed by atoms with E-state index in [1.165, 1.54) is 23.8 Å². The van der Waals surface area contributed by atoms with E-state index >= 15 is 0 Å². The fourth-order valence-electron chi connectivity index (χ4n) is 5.29. The molecule has 1 saturated carbocycles. The minimum absolute atomic E-state index is 0.249. The summed E-state index contributed by atoms with van der Waals surface area (Å²) in [6.45, 7) is 5.60. The van der Waals surface area contributed by atoms with E-state index in [-0.39, 0.29) is 24.9 Å². The number of para-hydroxylation sites is 1. The number of aliphatic hydroxyl groups excluding tert-OH is 1. The predicted molar refractivity (Wildman–Crippen MR) is 150 cm³/mol. The molecule has 2 aliphatic rings. The highest BCUT2D eigenvalue weighted by Gasteiger charge is 2.64. The van der Waals surface area contributed by atoms with Crippen LogP contribution in [0.2, 0.25) is 0 Å². The van der Waals surface area contributed by atoms with Crippen molar-refractivity contribution in [2.45, 2.75) is 83.8 Å². The van der Waals surface area contributed by atoms with Crippen LogP contribution in [-0.2, 0) is 23.4 Å².